The lowest BCUT2D eigenvalue weighted by molar-refractivity contribution is -0.131. The van der Waals surface area contributed by atoms with Crippen molar-refractivity contribution >= 4 is 11.5 Å². The molecule has 0 aromatic heterocycles. The molecule has 0 unspecified atom stereocenters. The van der Waals surface area contributed by atoms with Gasteiger partial charge in [0.15, 0.2) is 0 Å². The maximum atomic E-state index is 14.7. The van der Waals surface area contributed by atoms with Crippen molar-refractivity contribution in [1.82, 2.24) is 4.90 Å². The number of hydrogen-bond acceptors (Lipinski definition) is 4. The molecule has 1 heterocycles. The summed E-state index contributed by atoms with van der Waals surface area (Å²) in [5.74, 6) is -1.83. The van der Waals surface area contributed by atoms with Crippen LogP contribution in [0.2, 0.25) is 0 Å². The van der Waals surface area contributed by atoms with Gasteiger partial charge < -0.3 is 14.9 Å². The third kappa shape index (κ3) is 7.19. The summed E-state index contributed by atoms with van der Waals surface area (Å²) in [7, 11) is 0. The molecule has 3 atom stereocenters. The predicted molar refractivity (Wildman–Crippen MR) is 132 cm³/mol. The molecule has 1 aliphatic rings. The van der Waals surface area contributed by atoms with Gasteiger partial charge in [0.2, 0.25) is 0 Å². The van der Waals surface area contributed by atoms with Crippen LogP contribution in [0.1, 0.15) is 61.5 Å². The van der Waals surface area contributed by atoms with Crippen LogP contribution < -0.4 is 0 Å². The molecule has 0 spiro atoms. The van der Waals surface area contributed by atoms with Gasteiger partial charge in [-0.25, -0.2) is 13.6 Å². The number of carboxylic acid groups (broad SMARTS) is 1. The zero-order valence-corrected chi connectivity index (χ0v) is 20.6. The number of benzene rings is 2. The summed E-state index contributed by atoms with van der Waals surface area (Å²) in [5, 5.41) is 19.8. The van der Waals surface area contributed by atoms with Crippen LogP contribution in [-0.4, -0.2) is 52.9 Å². The molecule has 3 rings (SSSR count). The molecule has 0 radical (unpaired) electrons. The fraction of sp³-hybridized carbons (Fsp3) is 0.464. The molecule has 0 aliphatic carbocycles. The Morgan fingerprint density at radius 3 is 2.71 bits per heavy atom. The molecule has 2 aromatic carbocycles. The average molecular weight is 488 g/mol. The molecule has 0 amide bonds. The number of likely N-dealkylation sites (tertiary alicyclic amines) is 1. The number of halogens is 2. The highest BCUT2D eigenvalue weighted by atomic mass is 19.1. The largest absolute Gasteiger partial charge is 0.478 e. The van der Waals surface area contributed by atoms with Crippen molar-refractivity contribution in [2.24, 2.45) is 0 Å². The van der Waals surface area contributed by atoms with Crippen molar-refractivity contribution in [3.05, 3.63) is 76.4 Å². The fourth-order valence-electron chi connectivity index (χ4n) is 4.79. The van der Waals surface area contributed by atoms with Crippen molar-refractivity contribution in [3.8, 4) is 0 Å². The van der Waals surface area contributed by atoms with Crippen LogP contribution in [-0.2, 0) is 16.0 Å². The zero-order valence-electron chi connectivity index (χ0n) is 20.6. The van der Waals surface area contributed by atoms with Crippen molar-refractivity contribution in [2.45, 2.75) is 64.7 Å². The Hall–Kier alpha value is -2.61. The summed E-state index contributed by atoms with van der Waals surface area (Å²) in [5.41, 5.74) is 2.75. The van der Waals surface area contributed by atoms with Crippen molar-refractivity contribution < 1.29 is 28.5 Å². The van der Waals surface area contributed by atoms with E-state index in [1.807, 2.05) is 6.07 Å². The summed E-state index contributed by atoms with van der Waals surface area (Å²) in [6.07, 6.45) is 2.83. The molecular weight excluding hydrogens is 452 g/mol. The van der Waals surface area contributed by atoms with Crippen LogP contribution in [0.25, 0.3) is 5.57 Å². The number of ether oxygens (including phenoxy) is 1. The molecule has 0 saturated carbocycles. The molecular formula is C28H35F2NO4. The van der Waals surface area contributed by atoms with Crippen LogP contribution >= 0.6 is 0 Å². The first-order valence-electron chi connectivity index (χ1n) is 12.2. The number of aryl methyl sites for hydroxylation is 1. The number of allylic oxidation sites excluding steroid dienone is 1. The molecule has 7 heteroatoms. The second-order valence-electron chi connectivity index (χ2n) is 9.27. The van der Waals surface area contributed by atoms with Crippen LogP contribution in [0.3, 0.4) is 0 Å². The van der Waals surface area contributed by atoms with Crippen molar-refractivity contribution in [1.29, 1.82) is 0 Å². The summed E-state index contributed by atoms with van der Waals surface area (Å²) in [6, 6.07) is 10.2. The van der Waals surface area contributed by atoms with Crippen molar-refractivity contribution in [2.75, 3.05) is 19.7 Å². The molecule has 35 heavy (non-hydrogen) atoms. The van der Waals surface area contributed by atoms with Gasteiger partial charge in [-0.15, -0.1) is 0 Å². The minimum Gasteiger partial charge on any atom is -0.478 e. The smallest absolute Gasteiger partial charge is 0.328 e. The molecule has 1 saturated heterocycles. The first-order valence-corrected chi connectivity index (χ1v) is 12.2. The predicted octanol–water partition coefficient (Wildman–Crippen LogP) is 5.30. The Balaban J connectivity index is 1.61. The lowest BCUT2D eigenvalue weighted by atomic mass is 9.94. The van der Waals surface area contributed by atoms with Gasteiger partial charge in [0.1, 0.15) is 11.6 Å². The van der Waals surface area contributed by atoms with E-state index in [0.717, 1.165) is 37.4 Å². The first-order chi connectivity index (χ1) is 16.7. The highest BCUT2D eigenvalue weighted by Gasteiger charge is 2.27. The monoisotopic (exact) mass is 487 g/mol. The number of aliphatic hydroxyl groups excluding tert-OH is 1. The van der Waals surface area contributed by atoms with E-state index in [1.54, 1.807) is 45.0 Å². The Labute approximate surface area is 206 Å². The number of rotatable bonds is 11. The standard InChI is InChI=1S/C28H35F2NO4/c1-4-21(15-27(33)34)28-24(8-5-9-25(28)29)19(3)35-17-23(32)16-31-12-6-7-22(31)13-20-11-10-18(2)26(30)14-20/h5,8-11,14-15,19,22-23,32H,4,6-7,12-13,16-17H2,1-3H3,(H,33,34)/b21-15+/t19-,22+,23+/m1/s1. The zero-order chi connectivity index (χ0) is 25.5. The van der Waals surface area contributed by atoms with Gasteiger partial charge in [0.25, 0.3) is 0 Å². The molecule has 1 fully saturated rings. The fourth-order valence-corrected chi connectivity index (χ4v) is 4.79. The summed E-state index contributed by atoms with van der Waals surface area (Å²) in [4.78, 5) is 13.4. The summed E-state index contributed by atoms with van der Waals surface area (Å²) >= 11 is 0. The van der Waals surface area contributed by atoms with Gasteiger partial charge in [0, 0.05) is 24.2 Å². The molecule has 2 aromatic rings. The highest BCUT2D eigenvalue weighted by Crippen LogP contribution is 2.31. The van der Waals surface area contributed by atoms with Crippen LogP contribution in [0.5, 0.6) is 0 Å². The number of carboxylic acids is 1. The van der Waals surface area contributed by atoms with Gasteiger partial charge in [-0.05, 0) is 80.5 Å². The topological polar surface area (TPSA) is 70.0 Å². The lowest BCUT2D eigenvalue weighted by Gasteiger charge is -2.28. The van der Waals surface area contributed by atoms with E-state index in [-0.39, 0.29) is 24.0 Å². The number of aliphatic hydroxyl groups is 1. The third-order valence-electron chi connectivity index (χ3n) is 6.67. The minimum atomic E-state index is -1.13. The van der Waals surface area contributed by atoms with E-state index in [4.69, 9.17) is 9.84 Å². The van der Waals surface area contributed by atoms with Gasteiger partial charge >= 0.3 is 5.97 Å². The highest BCUT2D eigenvalue weighted by molar-refractivity contribution is 5.90. The summed E-state index contributed by atoms with van der Waals surface area (Å²) in [6.45, 7) is 6.64. The van der Waals surface area contributed by atoms with Crippen molar-refractivity contribution in [3.63, 3.8) is 0 Å². The number of β-amino-alcohol motifs (C(OH)–C–C–N with tert-alkyl or cyclic N) is 1. The van der Waals surface area contributed by atoms with Gasteiger partial charge in [-0.3, -0.25) is 4.90 Å². The Kier molecular flexibility index (Phi) is 9.55. The summed E-state index contributed by atoms with van der Waals surface area (Å²) < 4.78 is 34.5. The maximum absolute atomic E-state index is 14.7. The number of hydrogen-bond donors (Lipinski definition) is 2. The minimum absolute atomic E-state index is 0.0591. The van der Waals surface area contributed by atoms with Crippen LogP contribution in [0, 0.1) is 18.6 Å². The van der Waals surface area contributed by atoms with Crippen LogP contribution in [0.4, 0.5) is 8.78 Å². The SMILES string of the molecule is CC/C(=C\C(=O)O)c1c(F)cccc1[C@@H](C)OC[C@@H](O)CN1CCC[C@H]1Cc1ccc(C)c(F)c1. The quantitative estimate of drug-likeness (QED) is 0.421. The molecule has 1 aliphatic heterocycles. The first kappa shape index (κ1) is 27.0. The molecule has 5 nitrogen and oxygen atoms in total. The van der Waals surface area contributed by atoms with E-state index in [2.05, 4.69) is 4.90 Å². The third-order valence-corrected chi connectivity index (χ3v) is 6.67. The molecule has 2 N–H and O–H groups in total. The lowest BCUT2D eigenvalue weighted by Crippen LogP contribution is -2.39. The normalized spacial score (nSPS) is 18.6. The Morgan fingerprint density at radius 1 is 1.26 bits per heavy atom. The van der Waals surface area contributed by atoms with E-state index >= 15 is 0 Å². The molecule has 190 valence electrons. The maximum Gasteiger partial charge on any atom is 0.328 e. The molecule has 0 bridgehead atoms. The van der Waals surface area contributed by atoms with E-state index in [0.29, 0.717) is 29.7 Å². The number of carbonyl (C=O) groups is 1. The number of nitrogens with zero attached hydrogens (tertiary/aromatic N) is 1. The average Bonchev–Trinajstić information content (AvgIpc) is 3.24. The Bertz CT molecular complexity index is 1060. The Morgan fingerprint density at radius 2 is 2.03 bits per heavy atom. The second kappa shape index (κ2) is 12.4. The number of aliphatic carboxylic acids is 1. The van der Waals surface area contributed by atoms with E-state index < -0.39 is 24.0 Å². The van der Waals surface area contributed by atoms with Crippen LogP contribution in [0.15, 0.2) is 42.5 Å². The second-order valence-corrected chi connectivity index (χ2v) is 9.27. The van der Waals surface area contributed by atoms with E-state index in [1.165, 1.54) is 6.07 Å². The van der Waals surface area contributed by atoms with Gasteiger partial charge in [-0.2, -0.15) is 0 Å². The van der Waals surface area contributed by atoms with E-state index in [9.17, 15) is 18.7 Å². The van der Waals surface area contributed by atoms with Gasteiger partial charge in [0.05, 0.1) is 18.8 Å². The van der Waals surface area contributed by atoms with Gasteiger partial charge in [-0.1, -0.05) is 31.2 Å².